The van der Waals surface area contributed by atoms with E-state index in [1.54, 1.807) is 0 Å². The van der Waals surface area contributed by atoms with E-state index in [4.69, 9.17) is 11.6 Å². The number of aromatic amines is 1. The second-order valence-corrected chi connectivity index (χ2v) is 4.89. The molecule has 4 rings (SSSR count). The first-order valence-electron chi connectivity index (χ1n) is 5.86. The van der Waals surface area contributed by atoms with Crippen LogP contribution >= 0.6 is 11.6 Å². The summed E-state index contributed by atoms with van der Waals surface area (Å²) in [4.78, 5) is 19.5. The Morgan fingerprint density at radius 1 is 1.26 bits per heavy atom. The van der Waals surface area contributed by atoms with Crippen molar-refractivity contribution in [3.05, 3.63) is 40.8 Å². The highest BCUT2D eigenvalue weighted by Gasteiger charge is 2.23. The van der Waals surface area contributed by atoms with Crippen LogP contribution < -0.4 is 10.9 Å². The van der Waals surface area contributed by atoms with Crippen molar-refractivity contribution in [2.75, 3.05) is 0 Å². The summed E-state index contributed by atoms with van der Waals surface area (Å²) in [5, 5.41) is 3.37. The minimum atomic E-state index is -0.142. The molecule has 0 saturated carbocycles. The van der Waals surface area contributed by atoms with E-state index in [9.17, 15) is 4.79 Å². The molecule has 0 fully saturated rings. The minimum absolute atomic E-state index is 0.142. The lowest BCUT2D eigenvalue weighted by Crippen LogP contribution is -2.41. The van der Waals surface area contributed by atoms with Crippen molar-refractivity contribution in [1.82, 2.24) is 20.8 Å². The first-order chi connectivity index (χ1) is 9.24. The van der Waals surface area contributed by atoms with Crippen molar-refractivity contribution >= 4 is 39.2 Å². The number of hydrogen-bond donors (Lipinski definition) is 3. The number of nitrogens with zero attached hydrogens (tertiary/aromatic N) is 1. The van der Waals surface area contributed by atoms with Gasteiger partial charge in [0.1, 0.15) is 5.15 Å². The number of fused-ring (bicyclic) bond motifs is 5. The van der Waals surface area contributed by atoms with E-state index < -0.39 is 0 Å². The zero-order valence-electron chi connectivity index (χ0n) is 9.75. The summed E-state index contributed by atoms with van der Waals surface area (Å²) < 4.78 is 0. The molecule has 0 bridgehead atoms. The van der Waals surface area contributed by atoms with Crippen molar-refractivity contribution in [2.45, 2.75) is 6.54 Å². The summed E-state index contributed by atoms with van der Waals surface area (Å²) in [6, 6.07) is 5.72. The molecule has 0 spiro atoms. The van der Waals surface area contributed by atoms with E-state index >= 15 is 0 Å². The topological polar surface area (TPSA) is 69.8 Å². The molecule has 3 N–H and O–H groups in total. The van der Waals surface area contributed by atoms with Gasteiger partial charge in [-0.25, -0.2) is 10.4 Å². The number of pyridine rings is 1. The molecule has 1 amide bonds. The number of H-pyrrole nitrogens is 1. The second-order valence-electron chi connectivity index (χ2n) is 4.49. The van der Waals surface area contributed by atoms with Gasteiger partial charge in [-0.1, -0.05) is 23.7 Å². The Hall–Kier alpha value is -2.11. The molecule has 19 heavy (non-hydrogen) atoms. The lowest BCUT2D eigenvalue weighted by Gasteiger charge is -2.12. The van der Waals surface area contributed by atoms with E-state index in [2.05, 4.69) is 20.8 Å². The van der Waals surface area contributed by atoms with Crippen molar-refractivity contribution in [2.24, 2.45) is 0 Å². The number of amides is 1. The molecule has 0 atom stereocenters. The normalized spacial score (nSPS) is 14.7. The standard InChI is InChI=1S/C13H9ClN4O/c14-10-3-8-6(4-15-10)1-2-7-11-9(17-12(7)8)5-16-18-13(11)19/h1-4,15-16H,5H2,(H,18,19). The summed E-state index contributed by atoms with van der Waals surface area (Å²) in [7, 11) is 0. The molecule has 0 unspecified atom stereocenters. The third-order valence-electron chi connectivity index (χ3n) is 3.38. The quantitative estimate of drug-likeness (QED) is 0.549. The van der Waals surface area contributed by atoms with Crippen LogP contribution in [-0.2, 0) is 6.54 Å². The smallest absolute Gasteiger partial charge is 0.267 e. The highest BCUT2D eigenvalue weighted by atomic mass is 35.5. The first kappa shape index (κ1) is 10.8. The molecule has 3 aromatic rings. The highest BCUT2D eigenvalue weighted by molar-refractivity contribution is 6.30. The van der Waals surface area contributed by atoms with Gasteiger partial charge < -0.3 is 4.98 Å². The predicted molar refractivity (Wildman–Crippen MR) is 72.9 cm³/mol. The summed E-state index contributed by atoms with van der Waals surface area (Å²) in [5.41, 5.74) is 7.67. The van der Waals surface area contributed by atoms with Gasteiger partial charge in [-0.2, -0.15) is 0 Å². The zero-order chi connectivity index (χ0) is 13.0. The number of aromatic nitrogens is 2. The average Bonchev–Trinajstić information content (AvgIpc) is 2.79. The Bertz CT molecular complexity index is 839. The number of nitrogens with one attached hydrogen (secondary N) is 3. The largest absolute Gasteiger partial charge is 0.352 e. The van der Waals surface area contributed by atoms with Crippen molar-refractivity contribution in [1.29, 1.82) is 0 Å². The maximum Gasteiger partial charge on any atom is 0.267 e. The van der Waals surface area contributed by atoms with Crippen molar-refractivity contribution in [3.8, 4) is 0 Å². The van der Waals surface area contributed by atoms with Crippen LogP contribution in [0.2, 0.25) is 5.15 Å². The number of halogens is 1. The van der Waals surface area contributed by atoms with Crippen LogP contribution in [-0.4, -0.2) is 15.9 Å². The fourth-order valence-corrected chi connectivity index (χ4v) is 2.70. The molecule has 3 heterocycles. The molecule has 1 aliphatic rings. The van der Waals surface area contributed by atoms with Gasteiger partial charge in [0.15, 0.2) is 0 Å². The summed E-state index contributed by atoms with van der Waals surface area (Å²) >= 11 is 6.00. The van der Waals surface area contributed by atoms with Crippen LogP contribution in [0.1, 0.15) is 16.1 Å². The third kappa shape index (κ3) is 1.46. The van der Waals surface area contributed by atoms with Crippen molar-refractivity contribution < 1.29 is 4.79 Å². The fourth-order valence-electron chi connectivity index (χ4n) is 2.54. The summed E-state index contributed by atoms with van der Waals surface area (Å²) in [6.07, 6.45) is 1.84. The van der Waals surface area contributed by atoms with E-state index in [0.29, 0.717) is 17.3 Å². The molecule has 6 heteroatoms. The fraction of sp³-hybridized carbons (Fsp3) is 0.0769. The molecule has 2 aromatic heterocycles. The van der Waals surface area contributed by atoms with Crippen LogP contribution in [0.4, 0.5) is 0 Å². The number of hydrazine groups is 1. The van der Waals surface area contributed by atoms with E-state index in [0.717, 1.165) is 27.4 Å². The summed E-state index contributed by atoms with van der Waals surface area (Å²) in [5.74, 6) is -0.142. The van der Waals surface area contributed by atoms with Gasteiger partial charge in [-0.3, -0.25) is 10.2 Å². The van der Waals surface area contributed by atoms with Gasteiger partial charge in [0.05, 0.1) is 23.3 Å². The number of carbonyl (C=O) groups excluding carboxylic acids is 1. The second kappa shape index (κ2) is 3.69. The van der Waals surface area contributed by atoms with Gasteiger partial charge in [0.25, 0.3) is 5.91 Å². The molecule has 0 radical (unpaired) electrons. The summed E-state index contributed by atoms with van der Waals surface area (Å²) in [6.45, 7) is 0.532. The molecular weight excluding hydrogens is 264 g/mol. The van der Waals surface area contributed by atoms with Crippen LogP contribution in [0.5, 0.6) is 0 Å². The van der Waals surface area contributed by atoms with Crippen molar-refractivity contribution in [3.63, 3.8) is 0 Å². The first-order valence-corrected chi connectivity index (χ1v) is 6.24. The zero-order valence-corrected chi connectivity index (χ0v) is 10.5. The lowest BCUT2D eigenvalue weighted by molar-refractivity contribution is 0.0921. The van der Waals surface area contributed by atoms with Crippen LogP contribution in [0.15, 0.2) is 24.4 Å². The third-order valence-corrected chi connectivity index (χ3v) is 3.60. The molecule has 1 aromatic carbocycles. The number of hydrogen-bond acceptors (Lipinski definition) is 3. The molecule has 94 valence electrons. The Morgan fingerprint density at radius 3 is 3.05 bits per heavy atom. The predicted octanol–water partition coefficient (Wildman–Crippen LogP) is 2.12. The highest BCUT2D eigenvalue weighted by Crippen LogP contribution is 2.31. The number of rotatable bonds is 0. The molecular formula is C13H9ClN4O. The minimum Gasteiger partial charge on any atom is -0.352 e. The Balaban J connectivity index is 2.17. The van der Waals surface area contributed by atoms with E-state index in [1.807, 2.05) is 24.4 Å². The Morgan fingerprint density at radius 2 is 2.16 bits per heavy atom. The molecule has 0 aliphatic carbocycles. The molecule has 1 aliphatic heterocycles. The van der Waals surface area contributed by atoms with Gasteiger partial charge in [-0.15, -0.1) is 0 Å². The average molecular weight is 273 g/mol. The van der Waals surface area contributed by atoms with Crippen LogP contribution in [0.25, 0.3) is 21.7 Å². The molecule has 5 nitrogen and oxygen atoms in total. The number of benzene rings is 1. The van der Waals surface area contributed by atoms with Gasteiger partial charge >= 0.3 is 0 Å². The van der Waals surface area contributed by atoms with Gasteiger partial charge in [0.2, 0.25) is 0 Å². The monoisotopic (exact) mass is 272 g/mol. The van der Waals surface area contributed by atoms with Gasteiger partial charge in [-0.05, 0) is 6.07 Å². The SMILES string of the molecule is O=C1NNCc2nc3c(ccc4c[nH]c(Cl)cc43)c21. The lowest BCUT2D eigenvalue weighted by atomic mass is 10.1. The van der Waals surface area contributed by atoms with Crippen LogP contribution in [0, 0.1) is 0 Å². The maximum absolute atomic E-state index is 11.9. The number of carbonyl (C=O) groups is 1. The van der Waals surface area contributed by atoms with E-state index in [1.165, 1.54) is 0 Å². The van der Waals surface area contributed by atoms with Gasteiger partial charge in [0, 0.05) is 22.4 Å². The molecule has 0 saturated heterocycles. The maximum atomic E-state index is 11.9. The Kier molecular flexibility index (Phi) is 2.09. The Labute approximate surface area is 112 Å². The van der Waals surface area contributed by atoms with Crippen LogP contribution in [0.3, 0.4) is 0 Å². The van der Waals surface area contributed by atoms with E-state index in [-0.39, 0.29) is 5.91 Å².